The molecule has 0 saturated heterocycles. The number of carbonyl (C=O) groups excluding carboxylic acids is 6. The third-order valence-corrected chi connectivity index (χ3v) is 13.1. The molecule has 18 heteroatoms. The number of Topliss-reactive ketones (excluding diaryl/α,β-unsaturated/α-hetero) is 5. The molecule has 11 N–H and O–H groups in total. The number of nitrogens with two attached hydrogens (primary N) is 1. The average molecular weight is 844 g/mol. The van der Waals surface area contributed by atoms with Gasteiger partial charge in [0.2, 0.25) is 11.6 Å². The SMILES string of the molecule is CC(=O)C1=C(O)[C@@]2(O)C(=O)C3=C(O)c4c(O)cccc4C[C@H]3[C@H](O)[C@H]2[C@H](N(C)C)C1=O.CN(C)[C@@H]1C(=O)C(C(N)=O)=C(O)[C@@]2(O)C(=O)C3=C(O)c4c(O)cccc4C[C@H]3C[C@@H]12. The van der Waals surface area contributed by atoms with E-state index in [4.69, 9.17) is 5.73 Å². The van der Waals surface area contributed by atoms with Crippen molar-refractivity contribution in [3.05, 3.63) is 92.5 Å². The van der Waals surface area contributed by atoms with Crippen molar-refractivity contribution in [3.63, 3.8) is 0 Å². The van der Waals surface area contributed by atoms with Crippen LogP contribution >= 0.6 is 0 Å². The van der Waals surface area contributed by atoms with Crippen molar-refractivity contribution >= 4 is 46.3 Å². The molecule has 2 aromatic rings. The molecule has 2 saturated carbocycles. The number of aromatic hydroxyl groups is 2. The van der Waals surface area contributed by atoms with Crippen molar-refractivity contribution in [2.24, 2.45) is 29.4 Å². The number of aliphatic hydroxyl groups excluding tert-OH is 5. The van der Waals surface area contributed by atoms with E-state index >= 15 is 0 Å². The fourth-order valence-electron chi connectivity index (χ4n) is 10.5. The predicted octanol–water partition coefficient (Wildman–Crippen LogP) is 0.00250. The van der Waals surface area contributed by atoms with Gasteiger partial charge >= 0.3 is 0 Å². The Bertz CT molecular complexity index is 2520. The molecule has 61 heavy (non-hydrogen) atoms. The molecule has 9 atom stereocenters. The lowest BCUT2D eigenvalue weighted by atomic mass is 9.56. The minimum absolute atomic E-state index is 0.00246. The zero-order valence-electron chi connectivity index (χ0n) is 33.6. The van der Waals surface area contributed by atoms with E-state index in [1.54, 1.807) is 38.4 Å². The summed E-state index contributed by atoms with van der Waals surface area (Å²) in [6, 6.07) is 6.86. The molecule has 1 amide bonds. The van der Waals surface area contributed by atoms with Crippen molar-refractivity contribution < 1.29 is 74.7 Å². The van der Waals surface area contributed by atoms with E-state index in [9.17, 15) is 74.7 Å². The van der Waals surface area contributed by atoms with E-state index in [-0.39, 0.29) is 46.6 Å². The Hall–Kier alpha value is -6.18. The van der Waals surface area contributed by atoms with Gasteiger partial charge in [0.15, 0.2) is 28.6 Å². The summed E-state index contributed by atoms with van der Waals surface area (Å²) in [6.07, 6.45) is -1.09. The van der Waals surface area contributed by atoms with Crippen LogP contribution in [-0.2, 0) is 41.6 Å². The molecule has 0 aliphatic heterocycles. The van der Waals surface area contributed by atoms with Gasteiger partial charge in [-0.15, -0.1) is 0 Å². The van der Waals surface area contributed by atoms with E-state index in [0.717, 1.165) is 6.92 Å². The molecule has 0 radical (unpaired) electrons. The lowest BCUT2D eigenvalue weighted by molar-refractivity contribution is -0.168. The van der Waals surface area contributed by atoms with Crippen LogP contribution in [0.1, 0.15) is 35.6 Å². The highest BCUT2D eigenvalue weighted by molar-refractivity contribution is 6.26. The van der Waals surface area contributed by atoms with Gasteiger partial charge in [-0.25, -0.2) is 0 Å². The van der Waals surface area contributed by atoms with Crippen LogP contribution in [0.2, 0.25) is 0 Å². The Kier molecular flexibility index (Phi) is 10.2. The molecule has 322 valence electrons. The zero-order chi connectivity index (χ0) is 45.1. The summed E-state index contributed by atoms with van der Waals surface area (Å²) >= 11 is 0. The number of hydrogen-bond acceptors (Lipinski definition) is 17. The fourth-order valence-corrected chi connectivity index (χ4v) is 10.5. The number of amides is 1. The molecule has 0 bridgehead atoms. The van der Waals surface area contributed by atoms with Crippen molar-refractivity contribution in [2.75, 3.05) is 28.2 Å². The molecule has 0 aromatic heterocycles. The molecule has 6 aliphatic rings. The number of aliphatic hydroxyl groups is 7. The minimum Gasteiger partial charge on any atom is -0.508 e. The summed E-state index contributed by atoms with van der Waals surface area (Å²) in [5.74, 6) is -13.7. The maximum Gasteiger partial charge on any atom is 0.255 e. The number of phenols is 2. The third kappa shape index (κ3) is 5.80. The monoisotopic (exact) mass is 843 g/mol. The maximum atomic E-state index is 13.6. The van der Waals surface area contributed by atoms with Gasteiger partial charge in [-0.1, -0.05) is 24.3 Å². The summed E-state index contributed by atoms with van der Waals surface area (Å²) in [7, 11) is 6.12. The van der Waals surface area contributed by atoms with Gasteiger partial charge in [-0.2, -0.15) is 0 Å². The minimum atomic E-state index is -2.80. The van der Waals surface area contributed by atoms with Gasteiger partial charge in [0.05, 0.1) is 35.2 Å². The summed E-state index contributed by atoms with van der Waals surface area (Å²) < 4.78 is 0. The fraction of sp³-hybridized carbons (Fsp3) is 0.395. The highest BCUT2D eigenvalue weighted by atomic mass is 16.4. The Morgan fingerprint density at radius 3 is 1.67 bits per heavy atom. The van der Waals surface area contributed by atoms with Gasteiger partial charge in [-0.3, -0.25) is 38.6 Å². The van der Waals surface area contributed by atoms with Crippen molar-refractivity contribution in [1.29, 1.82) is 0 Å². The van der Waals surface area contributed by atoms with Gasteiger partial charge in [0.25, 0.3) is 5.91 Å². The Balaban J connectivity index is 0.000000184. The number of phenolic OH excluding ortho intramolecular Hbond substituents is 2. The van der Waals surface area contributed by atoms with E-state index in [1.807, 2.05) is 0 Å². The van der Waals surface area contributed by atoms with E-state index in [0.29, 0.717) is 17.5 Å². The number of rotatable bonds is 4. The number of ketones is 5. The van der Waals surface area contributed by atoms with Crippen LogP contribution in [-0.4, -0.2) is 148 Å². The van der Waals surface area contributed by atoms with Crippen LogP contribution in [0, 0.1) is 23.7 Å². The first-order valence-electron chi connectivity index (χ1n) is 19.3. The Morgan fingerprint density at radius 2 is 1.16 bits per heavy atom. The lowest BCUT2D eigenvalue weighted by Gasteiger charge is -2.52. The number of hydrogen-bond donors (Lipinski definition) is 10. The summed E-state index contributed by atoms with van der Waals surface area (Å²) in [5, 5.41) is 97.6. The van der Waals surface area contributed by atoms with Crippen LogP contribution in [0.4, 0.5) is 0 Å². The summed E-state index contributed by atoms with van der Waals surface area (Å²) in [6.45, 7) is 1.03. The predicted molar refractivity (Wildman–Crippen MR) is 211 cm³/mol. The molecule has 2 fully saturated rings. The molecule has 6 aliphatic carbocycles. The Morgan fingerprint density at radius 1 is 0.689 bits per heavy atom. The Labute approximate surface area is 347 Å². The molecule has 8 rings (SSSR count). The molecular formula is C43H45N3O15. The van der Waals surface area contributed by atoms with Crippen LogP contribution in [0.15, 0.2) is 70.2 Å². The summed E-state index contributed by atoms with van der Waals surface area (Å²) in [5.41, 5.74) is -0.976. The number of likely N-dealkylation sites (N-methyl/N-ethyl adjacent to an activating group) is 2. The third-order valence-electron chi connectivity index (χ3n) is 13.1. The second-order valence-electron chi connectivity index (χ2n) is 16.8. The number of carbonyl (C=O) groups is 6. The van der Waals surface area contributed by atoms with E-state index < -0.39 is 122 Å². The standard InChI is InChI=1S/C22H23NO8.C21H22N2O7/c1-8(24)12-19(28)16(23(2)3)15-17(26)10-7-9-5-4-6-11(25)13(9)18(27)14(10)21(30)22(15,31)20(12)29;1-23(2)15-10-7-9-6-8-4-3-5-11(24)12(8)16(25)13(9)18(27)21(10,30)19(28)14(17(15)26)20(22)29/h4-6,10,15-17,25-27,29,31H,7H2,1-3H3;3-5,9-10,15,24-25,28,30H,6-7H2,1-2H3,(H2,22,29)/t10-,15-,16+,17+,22-;9-,10-,15-,21-/m10/s1. The number of primary amides is 1. The molecule has 0 spiro atoms. The van der Waals surface area contributed by atoms with E-state index in [1.165, 1.54) is 36.0 Å². The highest BCUT2D eigenvalue weighted by Gasteiger charge is 2.68. The smallest absolute Gasteiger partial charge is 0.255 e. The molecule has 0 unspecified atom stereocenters. The van der Waals surface area contributed by atoms with E-state index in [2.05, 4.69) is 0 Å². The second kappa shape index (κ2) is 14.5. The van der Waals surface area contributed by atoms with Crippen LogP contribution in [0.25, 0.3) is 11.5 Å². The second-order valence-corrected chi connectivity index (χ2v) is 16.8. The van der Waals surface area contributed by atoms with Crippen molar-refractivity contribution in [3.8, 4) is 11.5 Å². The first-order valence-corrected chi connectivity index (χ1v) is 19.3. The number of benzene rings is 2. The van der Waals surface area contributed by atoms with Gasteiger partial charge < -0.3 is 51.7 Å². The largest absolute Gasteiger partial charge is 0.508 e. The first-order chi connectivity index (χ1) is 28.5. The van der Waals surface area contributed by atoms with Crippen molar-refractivity contribution in [2.45, 2.75) is 55.6 Å². The molecular weight excluding hydrogens is 798 g/mol. The van der Waals surface area contributed by atoms with Crippen LogP contribution < -0.4 is 5.73 Å². The highest BCUT2D eigenvalue weighted by Crippen LogP contribution is 2.54. The molecule has 0 heterocycles. The first kappa shape index (κ1) is 42.9. The maximum absolute atomic E-state index is 13.6. The number of nitrogens with zero attached hydrogens (tertiary/aromatic N) is 2. The van der Waals surface area contributed by atoms with Crippen LogP contribution in [0.5, 0.6) is 11.5 Å². The number of fused-ring (bicyclic) bond motifs is 6. The van der Waals surface area contributed by atoms with Gasteiger partial charge in [0.1, 0.15) is 45.7 Å². The summed E-state index contributed by atoms with van der Waals surface area (Å²) in [4.78, 5) is 79.8. The molecule has 18 nitrogen and oxygen atoms in total. The lowest BCUT2D eigenvalue weighted by Crippen LogP contribution is -2.70. The van der Waals surface area contributed by atoms with Crippen molar-refractivity contribution in [1.82, 2.24) is 9.80 Å². The normalized spacial score (nSPS) is 31.8. The van der Waals surface area contributed by atoms with Gasteiger partial charge in [0, 0.05) is 23.0 Å². The zero-order valence-corrected chi connectivity index (χ0v) is 33.6. The van der Waals surface area contributed by atoms with Gasteiger partial charge in [-0.05, 0) is 83.6 Å². The topological polar surface area (TPSA) is 317 Å². The van der Waals surface area contributed by atoms with Crippen LogP contribution in [0.3, 0.4) is 0 Å². The quantitative estimate of drug-likeness (QED) is 0.181. The molecule has 2 aromatic carbocycles. The average Bonchev–Trinajstić information content (AvgIpc) is 3.16.